The zero-order chi connectivity index (χ0) is 26.6. The number of aromatic nitrogens is 1. The van der Waals surface area contributed by atoms with Crippen molar-refractivity contribution >= 4 is 21.8 Å². The minimum atomic E-state index is -3.78. The molecule has 2 aliphatic rings. The molecule has 0 atom stereocenters. The Morgan fingerprint density at radius 3 is 2.65 bits per heavy atom. The van der Waals surface area contributed by atoms with E-state index in [2.05, 4.69) is 21.9 Å². The van der Waals surface area contributed by atoms with Crippen molar-refractivity contribution in [1.82, 2.24) is 14.6 Å². The number of unbranched alkanes of at least 4 members (excludes halogenated alkanes) is 2. The quantitative estimate of drug-likeness (QED) is 0.363. The Bertz CT molecular complexity index is 1290. The molecule has 37 heavy (non-hydrogen) atoms. The zero-order valence-electron chi connectivity index (χ0n) is 21.7. The number of allylic oxidation sites excluding steroid dienone is 2. The van der Waals surface area contributed by atoms with E-state index >= 15 is 0 Å². The number of amides is 2. The molecule has 4 rings (SSSR count). The van der Waals surface area contributed by atoms with Crippen LogP contribution in [0.5, 0.6) is 5.75 Å². The van der Waals surface area contributed by atoms with Gasteiger partial charge in [-0.25, -0.2) is 18.1 Å². The monoisotopic (exact) mass is 529 g/mol. The second-order valence-electron chi connectivity index (χ2n) is 9.75. The van der Waals surface area contributed by atoms with Crippen LogP contribution in [0.4, 0.5) is 0 Å². The minimum absolute atomic E-state index is 0.0275. The number of hydrogen-bond acceptors (Lipinski definition) is 7. The number of fused-ring (bicyclic) bond motifs is 1. The number of aryl methyl sites for hydroxylation is 1. The van der Waals surface area contributed by atoms with Gasteiger partial charge in [0.05, 0.1) is 11.3 Å². The highest BCUT2D eigenvalue weighted by Crippen LogP contribution is 2.32. The molecule has 0 saturated carbocycles. The molecule has 1 aromatic carbocycles. The Hall–Kier alpha value is -3.14. The molecule has 1 aromatic heterocycles. The molecule has 1 aliphatic heterocycles. The van der Waals surface area contributed by atoms with Crippen molar-refractivity contribution in [2.75, 3.05) is 12.3 Å². The third-order valence-corrected chi connectivity index (χ3v) is 8.22. The van der Waals surface area contributed by atoms with Crippen molar-refractivity contribution in [3.63, 3.8) is 0 Å². The topological polar surface area (TPSA) is 119 Å². The van der Waals surface area contributed by atoms with E-state index in [-0.39, 0.29) is 35.5 Å². The molecular weight excluding hydrogens is 494 g/mol. The summed E-state index contributed by atoms with van der Waals surface area (Å²) in [5.41, 5.74) is 2.54. The van der Waals surface area contributed by atoms with E-state index in [0.717, 1.165) is 36.8 Å². The zero-order valence-corrected chi connectivity index (χ0v) is 22.5. The van der Waals surface area contributed by atoms with Crippen molar-refractivity contribution < 1.29 is 27.2 Å². The molecule has 2 amide bonds. The fourth-order valence-corrected chi connectivity index (χ4v) is 5.74. The van der Waals surface area contributed by atoms with Gasteiger partial charge in [-0.2, -0.15) is 0 Å². The summed E-state index contributed by atoms with van der Waals surface area (Å²) >= 11 is 0. The molecule has 9 nitrogen and oxygen atoms in total. The molecule has 0 unspecified atom stereocenters. The number of hydrogen-bond donors (Lipinski definition) is 1. The van der Waals surface area contributed by atoms with Gasteiger partial charge in [0.25, 0.3) is 5.91 Å². The Kier molecular flexibility index (Phi) is 8.36. The highest BCUT2D eigenvalue weighted by atomic mass is 32.2. The van der Waals surface area contributed by atoms with Crippen LogP contribution in [-0.4, -0.2) is 42.4 Å². The van der Waals surface area contributed by atoms with E-state index in [0.29, 0.717) is 43.3 Å². The van der Waals surface area contributed by atoms with Gasteiger partial charge in [-0.3, -0.25) is 9.59 Å². The molecule has 0 fully saturated rings. The number of sulfonamides is 1. The lowest BCUT2D eigenvalue weighted by Crippen LogP contribution is -2.35. The first kappa shape index (κ1) is 26.9. The Morgan fingerprint density at radius 2 is 1.95 bits per heavy atom. The number of nitrogens with one attached hydrogen (secondary N) is 1. The van der Waals surface area contributed by atoms with E-state index in [4.69, 9.17) is 9.15 Å². The first-order valence-corrected chi connectivity index (χ1v) is 14.5. The van der Waals surface area contributed by atoms with Gasteiger partial charge in [0, 0.05) is 25.9 Å². The average Bonchev–Trinajstić information content (AvgIpc) is 3.51. The number of carbonyl (C=O) groups is 2. The third-order valence-electron chi connectivity index (χ3n) is 6.90. The molecular formula is C27H35N3O6S. The fourth-order valence-electron chi connectivity index (χ4n) is 4.67. The van der Waals surface area contributed by atoms with Crippen LogP contribution in [0.15, 0.2) is 28.7 Å². The Labute approximate surface area is 218 Å². The number of benzene rings is 1. The number of oxazole rings is 1. The normalized spacial score (nSPS) is 15.6. The maximum atomic E-state index is 13.2. The van der Waals surface area contributed by atoms with E-state index in [9.17, 15) is 18.0 Å². The SMILES string of the molecule is CCCCCS(=O)(=O)NC(=O)c1cc2c(cc1OCc1nc(C3CC=CC3)oc1C)CN(C(C)=O)CC2. The molecule has 0 spiro atoms. The average molecular weight is 530 g/mol. The van der Waals surface area contributed by atoms with Crippen molar-refractivity contribution in [3.8, 4) is 5.75 Å². The van der Waals surface area contributed by atoms with Crippen LogP contribution in [-0.2, 0) is 34.4 Å². The molecule has 0 radical (unpaired) electrons. The van der Waals surface area contributed by atoms with Gasteiger partial charge in [0.2, 0.25) is 15.9 Å². The largest absolute Gasteiger partial charge is 0.486 e. The van der Waals surface area contributed by atoms with Crippen LogP contribution in [0, 0.1) is 6.92 Å². The van der Waals surface area contributed by atoms with E-state index in [1.165, 1.54) is 6.92 Å². The van der Waals surface area contributed by atoms with Crippen molar-refractivity contribution in [1.29, 1.82) is 0 Å². The van der Waals surface area contributed by atoms with Gasteiger partial charge >= 0.3 is 0 Å². The summed E-state index contributed by atoms with van der Waals surface area (Å²) in [5, 5.41) is 0. The molecule has 0 bridgehead atoms. The first-order chi connectivity index (χ1) is 17.7. The molecule has 0 saturated heterocycles. The van der Waals surface area contributed by atoms with Crippen molar-refractivity contribution in [2.45, 2.75) is 78.4 Å². The summed E-state index contributed by atoms with van der Waals surface area (Å²) in [6, 6.07) is 3.42. The van der Waals surface area contributed by atoms with Crippen molar-refractivity contribution in [2.24, 2.45) is 0 Å². The lowest BCUT2D eigenvalue weighted by atomic mass is 9.96. The maximum absolute atomic E-state index is 13.2. The lowest BCUT2D eigenvalue weighted by Gasteiger charge is -2.29. The summed E-state index contributed by atoms with van der Waals surface area (Å²) in [5.74, 6) is 0.910. The number of ether oxygens (including phenoxy) is 1. The van der Waals surface area contributed by atoms with E-state index < -0.39 is 15.9 Å². The highest BCUT2D eigenvalue weighted by molar-refractivity contribution is 7.90. The number of nitrogens with zero attached hydrogens (tertiary/aromatic N) is 2. The molecule has 2 heterocycles. The van der Waals surface area contributed by atoms with Gasteiger partial charge < -0.3 is 14.1 Å². The van der Waals surface area contributed by atoms with E-state index in [1.807, 2.05) is 13.8 Å². The second kappa shape index (κ2) is 11.5. The number of rotatable bonds is 10. The van der Waals surface area contributed by atoms with Crippen LogP contribution < -0.4 is 9.46 Å². The van der Waals surface area contributed by atoms with Crippen LogP contribution in [0.25, 0.3) is 0 Å². The standard InChI is InChI=1S/C27H35N3O6S/c1-4-5-8-13-37(33,34)29-26(32)23-14-21-11-12-30(19(3)31)16-22(21)15-25(23)35-17-24-18(2)36-27(28-24)20-9-6-7-10-20/h6-7,14-15,20H,4-5,8-13,16-17H2,1-3H3,(H,29,32). The molecule has 200 valence electrons. The highest BCUT2D eigenvalue weighted by Gasteiger charge is 2.26. The van der Waals surface area contributed by atoms with Crippen LogP contribution in [0.1, 0.15) is 90.7 Å². The van der Waals surface area contributed by atoms with Gasteiger partial charge in [-0.15, -0.1) is 0 Å². The molecule has 10 heteroatoms. The summed E-state index contributed by atoms with van der Waals surface area (Å²) in [6.45, 7) is 6.34. The van der Waals surface area contributed by atoms with Crippen LogP contribution >= 0.6 is 0 Å². The lowest BCUT2D eigenvalue weighted by molar-refractivity contribution is -0.129. The molecule has 1 aliphatic carbocycles. The molecule has 2 aromatic rings. The summed E-state index contributed by atoms with van der Waals surface area (Å²) in [4.78, 5) is 31.4. The van der Waals surface area contributed by atoms with Gasteiger partial charge in [-0.05, 0) is 55.9 Å². The maximum Gasteiger partial charge on any atom is 0.268 e. The third kappa shape index (κ3) is 6.60. The first-order valence-electron chi connectivity index (χ1n) is 12.9. The van der Waals surface area contributed by atoms with Crippen molar-refractivity contribution in [3.05, 3.63) is 58.3 Å². The summed E-state index contributed by atoms with van der Waals surface area (Å²) in [7, 11) is -3.78. The fraction of sp³-hybridized carbons (Fsp3) is 0.519. The smallest absolute Gasteiger partial charge is 0.268 e. The van der Waals surface area contributed by atoms with Gasteiger partial charge in [0.15, 0.2) is 5.89 Å². The van der Waals surface area contributed by atoms with E-state index in [1.54, 1.807) is 17.0 Å². The summed E-state index contributed by atoms with van der Waals surface area (Å²) in [6.07, 6.45) is 8.69. The van der Waals surface area contributed by atoms with Gasteiger partial charge in [-0.1, -0.05) is 31.9 Å². The minimum Gasteiger partial charge on any atom is -0.486 e. The number of carbonyl (C=O) groups excluding carboxylic acids is 2. The second-order valence-corrected chi connectivity index (χ2v) is 11.6. The predicted molar refractivity (Wildman–Crippen MR) is 139 cm³/mol. The van der Waals surface area contributed by atoms with Gasteiger partial charge in [0.1, 0.15) is 23.8 Å². The Morgan fingerprint density at radius 1 is 1.19 bits per heavy atom. The summed E-state index contributed by atoms with van der Waals surface area (Å²) < 4.78 is 39.2. The van der Waals surface area contributed by atoms with Crippen LogP contribution in [0.3, 0.4) is 0 Å². The predicted octanol–water partition coefficient (Wildman–Crippen LogP) is 4.15. The van der Waals surface area contributed by atoms with Crippen LogP contribution in [0.2, 0.25) is 0 Å². The molecule has 1 N–H and O–H groups in total. The Balaban J connectivity index is 1.58.